The number of ether oxygens (including phenoxy) is 1. The highest BCUT2D eigenvalue weighted by Gasteiger charge is 2.20. The molecule has 1 aromatic rings. The highest BCUT2D eigenvalue weighted by atomic mass is 32.1. The molecule has 1 heterocycles. The van der Waals surface area contributed by atoms with Gasteiger partial charge in [0, 0.05) is 6.54 Å². The molecule has 0 spiro atoms. The van der Waals surface area contributed by atoms with Crippen LogP contribution in [0.4, 0.5) is 0 Å². The van der Waals surface area contributed by atoms with E-state index in [1.165, 1.54) is 11.3 Å². The number of nitrogens with one attached hydrogen (secondary N) is 1. The average molecular weight is 242 g/mol. The molecule has 0 saturated heterocycles. The van der Waals surface area contributed by atoms with Gasteiger partial charge >= 0.3 is 5.97 Å². The third-order valence-corrected chi connectivity index (χ3v) is 3.08. The van der Waals surface area contributed by atoms with Crippen molar-refractivity contribution in [2.24, 2.45) is 0 Å². The molecule has 0 aliphatic rings. The molecule has 1 N–H and O–H groups in total. The number of esters is 1. The SMILES string of the molecule is CCOC(=O)c1sc(CNC)nc1C(C)C. The molecule has 0 radical (unpaired) electrons. The molecule has 0 aromatic carbocycles. The molecule has 0 amide bonds. The first-order valence-electron chi connectivity index (χ1n) is 5.41. The second kappa shape index (κ2) is 5.96. The van der Waals surface area contributed by atoms with Gasteiger partial charge in [-0.05, 0) is 19.9 Å². The first kappa shape index (κ1) is 13.1. The maximum absolute atomic E-state index is 11.7. The molecular formula is C11H18N2O2S. The molecule has 0 aliphatic carbocycles. The summed E-state index contributed by atoms with van der Waals surface area (Å²) < 4.78 is 5.02. The molecule has 1 aromatic heterocycles. The van der Waals surface area contributed by atoms with Crippen LogP contribution >= 0.6 is 11.3 Å². The van der Waals surface area contributed by atoms with Gasteiger partial charge in [-0.2, -0.15) is 0 Å². The van der Waals surface area contributed by atoms with E-state index in [2.05, 4.69) is 10.3 Å². The molecule has 1 rings (SSSR count). The van der Waals surface area contributed by atoms with Crippen LogP contribution < -0.4 is 5.32 Å². The lowest BCUT2D eigenvalue weighted by Gasteiger charge is -2.04. The van der Waals surface area contributed by atoms with Crippen LogP contribution in [0.15, 0.2) is 0 Å². The minimum atomic E-state index is -0.258. The first-order chi connectivity index (χ1) is 7.60. The highest BCUT2D eigenvalue weighted by molar-refractivity contribution is 7.13. The fourth-order valence-corrected chi connectivity index (χ4v) is 2.46. The molecule has 0 unspecified atom stereocenters. The lowest BCUT2D eigenvalue weighted by atomic mass is 10.1. The third kappa shape index (κ3) is 3.02. The molecule has 4 nitrogen and oxygen atoms in total. The topological polar surface area (TPSA) is 51.2 Å². The smallest absolute Gasteiger partial charge is 0.350 e. The van der Waals surface area contributed by atoms with Crippen molar-refractivity contribution in [3.63, 3.8) is 0 Å². The Bertz CT molecular complexity index is 361. The number of thiazole rings is 1. The van der Waals surface area contributed by atoms with Gasteiger partial charge in [-0.1, -0.05) is 13.8 Å². The van der Waals surface area contributed by atoms with Crippen LogP contribution in [0.5, 0.6) is 0 Å². The van der Waals surface area contributed by atoms with Crippen molar-refractivity contribution in [3.05, 3.63) is 15.6 Å². The quantitative estimate of drug-likeness (QED) is 0.804. The van der Waals surface area contributed by atoms with Crippen molar-refractivity contribution in [2.45, 2.75) is 33.2 Å². The van der Waals surface area contributed by atoms with Crippen LogP contribution in [0.2, 0.25) is 0 Å². The molecule has 0 atom stereocenters. The Labute approximate surface area is 100 Å². The number of hydrogen-bond acceptors (Lipinski definition) is 5. The van der Waals surface area contributed by atoms with E-state index in [0.717, 1.165) is 10.7 Å². The Balaban J connectivity index is 2.99. The molecular weight excluding hydrogens is 224 g/mol. The normalized spacial score (nSPS) is 10.8. The van der Waals surface area contributed by atoms with Crippen LogP contribution in [0, 0.1) is 0 Å². The molecule has 0 fully saturated rings. The van der Waals surface area contributed by atoms with Crippen molar-refractivity contribution >= 4 is 17.3 Å². The minimum Gasteiger partial charge on any atom is -0.462 e. The standard InChI is InChI=1S/C11H18N2O2S/c1-5-15-11(14)10-9(7(2)3)13-8(16-10)6-12-4/h7,12H,5-6H2,1-4H3. The molecule has 16 heavy (non-hydrogen) atoms. The fraction of sp³-hybridized carbons (Fsp3) is 0.636. The van der Waals surface area contributed by atoms with Gasteiger partial charge in [0.1, 0.15) is 9.88 Å². The van der Waals surface area contributed by atoms with E-state index >= 15 is 0 Å². The number of carbonyl (C=O) groups excluding carboxylic acids is 1. The van der Waals surface area contributed by atoms with E-state index in [1.807, 2.05) is 27.8 Å². The van der Waals surface area contributed by atoms with Gasteiger partial charge in [-0.15, -0.1) is 11.3 Å². The lowest BCUT2D eigenvalue weighted by molar-refractivity contribution is 0.0530. The minimum absolute atomic E-state index is 0.237. The summed E-state index contributed by atoms with van der Waals surface area (Å²) in [5.74, 6) is -0.0210. The maximum atomic E-state index is 11.7. The van der Waals surface area contributed by atoms with Crippen LogP contribution in [0.3, 0.4) is 0 Å². The number of aromatic nitrogens is 1. The predicted octanol–water partition coefficient (Wildman–Crippen LogP) is 2.16. The Kier molecular flexibility index (Phi) is 4.89. The van der Waals surface area contributed by atoms with Crippen molar-refractivity contribution in [3.8, 4) is 0 Å². The van der Waals surface area contributed by atoms with Crippen molar-refractivity contribution in [2.75, 3.05) is 13.7 Å². The van der Waals surface area contributed by atoms with Crippen LogP contribution in [-0.2, 0) is 11.3 Å². The lowest BCUT2D eigenvalue weighted by Crippen LogP contribution is -2.06. The second-order valence-corrected chi connectivity index (χ2v) is 4.81. The summed E-state index contributed by atoms with van der Waals surface area (Å²) in [5.41, 5.74) is 0.841. The van der Waals surface area contributed by atoms with E-state index in [-0.39, 0.29) is 11.9 Å². The largest absolute Gasteiger partial charge is 0.462 e. The van der Waals surface area contributed by atoms with E-state index in [1.54, 1.807) is 0 Å². The number of hydrogen-bond donors (Lipinski definition) is 1. The molecule has 90 valence electrons. The first-order valence-corrected chi connectivity index (χ1v) is 6.23. The molecule has 5 heteroatoms. The van der Waals surface area contributed by atoms with Gasteiger partial charge in [-0.25, -0.2) is 9.78 Å². The van der Waals surface area contributed by atoms with Crippen LogP contribution in [0.1, 0.15) is 47.1 Å². The molecule has 0 aliphatic heterocycles. The van der Waals surface area contributed by atoms with E-state index < -0.39 is 0 Å². The number of rotatable bonds is 5. The highest BCUT2D eigenvalue weighted by Crippen LogP contribution is 2.25. The second-order valence-electron chi connectivity index (χ2n) is 3.73. The zero-order chi connectivity index (χ0) is 12.1. The Morgan fingerprint density at radius 3 is 2.75 bits per heavy atom. The Hall–Kier alpha value is -0.940. The van der Waals surface area contributed by atoms with E-state index in [0.29, 0.717) is 18.0 Å². The van der Waals surface area contributed by atoms with Crippen molar-refractivity contribution in [1.29, 1.82) is 0 Å². The van der Waals surface area contributed by atoms with Gasteiger partial charge in [0.15, 0.2) is 0 Å². The summed E-state index contributed by atoms with van der Waals surface area (Å²) in [6.07, 6.45) is 0. The Morgan fingerprint density at radius 1 is 1.56 bits per heavy atom. The summed E-state index contributed by atoms with van der Waals surface area (Å²) in [6.45, 7) is 6.95. The molecule has 0 saturated carbocycles. The van der Waals surface area contributed by atoms with Crippen molar-refractivity contribution in [1.82, 2.24) is 10.3 Å². The van der Waals surface area contributed by atoms with Crippen molar-refractivity contribution < 1.29 is 9.53 Å². The predicted molar refractivity (Wildman–Crippen MR) is 64.9 cm³/mol. The summed E-state index contributed by atoms with van der Waals surface area (Å²) in [6, 6.07) is 0. The van der Waals surface area contributed by atoms with Crippen LogP contribution in [-0.4, -0.2) is 24.6 Å². The van der Waals surface area contributed by atoms with E-state index in [4.69, 9.17) is 4.74 Å². The number of nitrogens with zero attached hydrogens (tertiary/aromatic N) is 1. The van der Waals surface area contributed by atoms with Gasteiger partial charge in [-0.3, -0.25) is 0 Å². The van der Waals surface area contributed by atoms with Gasteiger partial charge < -0.3 is 10.1 Å². The van der Waals surface area contributed by atoms with Gasteiger partial charge in [0.05, 0.1) is 12.3 Å². The maximum Gasteiger partial charge on any atom is 0.350 e. The zero-order valence-corrected chi connectivity index (χ0v) is 11.0. The number of carbonyl (C=O) groups is 1. The zero-order valence-electron chi connectivity index (χ0n) is 10.2. The summed E-state index contributed by atoms with van der Waals surface area (Å²) in [5, 5.41) is 3.96. The Morgan fingerprint density at radius 2 is 2.25 bits per heavy atom. The van der Waals surface area contributed by atoms with Gasteiger partial charge in [0.2, 0.25) is 0 Å². The van der Waals surface area contributed by atoms with Crippen LogP contribution in [0.25, 0.3) is 0 Å². The van der Waals surface area contributed by atoms with E-state index in [9.17, 15) is 4.79 Å². The summed E-state index contributed by atoms with van der Waals surface area (Å²) in [4.78, 5) is 16.8. The molecule has 0 bridgehead atoms. The fourth-order valence-electron chi connectivity index (χ4n) is 1.34. The third-order valence-electron chi connectivity index (χ3n) is 2.03. The van der Waals surface area contributed by atoms with Gasteiger partial charge in [0.25, 0.3) is 0 Å². The monoisotopic (exact) mass is 242 g/mol. The average Bonchev–Trinajstić information content (AvgIpc) is 2.63. The summed E-state index contributed by atoms with van der Waals surface area (Å²) in [7, 11) is 1.86. The summed E-state index contributed by atoms with van der Waals surface area (Å²) >= 11 is 1.41.